The van der Waals surface area contributed by atoms with Crippen LogP contribution in [0.3, 0.4) is 0 Å². The average molecular weight is 319 g/mol. The van der Waals surface area contributed by atoms with E-state index in [9.17, 15) is 15.4 Å². The van der Waals surface area contributed by atoms with E-state index in [0.29, 0.717) is 17.7 Å². The number of rotatable bonds is 4. The Morgan fingerprint density at radius 3 is 2.12 bits per heavy atom. The van der Waals surface area contributed by atoms with E-state index in [1.807, 2.05) is 30.3 Å². The van der Waals surface area contributed by atoms with E-state index in [0.717, 1.165) is 16.7 Å². The Labute approximate surface area is 140 Å². The average Bonchev–Trinajstić information content (AvgIpc) is 2.62. The number of phenolic OH excluding ortho intramolecular Hbond substituents is 2. The molecule has 3 rings (SSSR count). The Hall–Kier alpha value is -3.27. The van der Waals surface area contributed by atoms with E-state index in [4.69, 9.17) is 0 Å². The van der Waals surface area contributed by atoms with E-state index in [-0.39, 0.29) is 11.5 Å². The molecule has 0 aromatic heterocycles. The van der Waals surface area contributed by atoms with Crippen molar-refractivity contribution in [3.05, 3.63) is 83.9 Å². The lowest BCUT2D eigenvalue weighted by Gasteiger charge is -2.10. The van der Waals surface area contributed by atoms with Crippen molar-refractivity contribution < 1.29 is 15.4 Å². The van der Waals surface area contributed by atoms with Gasteiger partial charge < -0.3 is 15.4 Å². The van der Waals surface area contributed by atoms with Crippen LogP contribution in [-0.4, -0.2) is 21.1 Å². The highest BCUT2D eigenvalue weighted by molar-refractivity contribution is 6.04. The van der Waals surface area contributed by atoms with Crippen LogP contribution in [0.4, 0.5) is 0 Å². The summed E-state index contributed by atoms with van der Waals surface area (Å²) < 4.78 is 0. The topological polar surface area (TPSA) is 73.1 Å². The summed E-state index contributed by atoms with van der Waals surface area (Å²) in [5, 5.41) is 32.4. The van der Waals surface area contributed by atoms with Crippen LogP contribution in [0.1, 0.15) is 11.1 Å². The number of aromatic hydroxyl groups is 2. The predicted octanol–water partition coefficient (Wildman–Crippen LogP) is 4.19. The van der Waals surface area contributed by atoms with E-state index < -0.39 is 0 Å². The molecule has 0 spiro atoms. The molecule has 120 valence electrons. The summed E-state index contributed by atoms with van der Waals surface area (Å²) in [6.07, 6.45) is 0.407. The molecule has 0 aliphatic rings. The molecule has 0 aliphatic carbocycles. The molecule has 0 heterocycles. The third-order valence-corrected chi connectivity index (χ3v) is 3.84. The van der Waals surface area contributed by atoms with Gasteiger partial charge in [-0.05, 0) is 41.0 Å². The van der Waals surface area contributed by atoms with Gasteiger partial charge in [0.05, 0.1) is 5.71 Å². The standard InChI is InChI=1S/C20H17NO3/c22-17-9-6-15(7-10-17)16-8-11-20(23)18(13-16)19(21-24)12-14-4-2-1-3-5-14/h1-11,13,22-24H,12H2/b21-19+. The maximum absolute atomic E-state index is 10.2. The van der Waals surface area contributed by atoms with Crippen LogP contribution in [0.5, 0.6) is 11.5 Å². The molecule has 0 unspecified atom stereocenters. The van der Waals surface area contributed by atoms with Crippen molar-refractivity contribution in [2.24, 2.45) is 5.16 Å². The van der Waals surface area contributed by atoms with Crippen molar-refractivity contribution in [1.29, 1.82) is 0 Å². The van der Waals surface area contributed by atoms with Gasteiger partial charge in [0.2, 0.25) is 0 Å². The minimum atomic E-state index is 0.0567. The van der Waals surface area contributed by atoms with Crippen molar-refractivity contribution >= 4 is 5.71 Å². The summed E-state index contributed by atoms with van der Waals surface area (Å²) >= 11 is 0. The normalized spacial score (nSPS) is 11.4. The fraction of sp³-hybridized carbons (Fsp3) is 0.0500. The summed E-state index contributed by atoms with van der Waals surface area (Å²) in [4.78, 5) is 0. The number of hydrogen-bond donors (Lipinski definition) is 3. The first-order valence-electron chi connectivity index (χ1n) is 7.55. The van der Waals surface area contributed by atoms with Crippen LogP contribution in [-0.2, 0) is 6.42 Å². The number of benzene rings is 3. The second kappa shape index (κ2) is 6.87. The number of oxime groups is 1. The summed E-state index contributed by atoms with van der Waals surface area (Å²) in [6.45, 7) is 0. The quantitative estimate of drug-likeness (QED) is 0.383. The van der Waals surface area contributed by atoms with Crippen molar-refractivity contribution in [3.63, 3.8) is 0 Å². The van der Waals surface area contributed by atoms with Crippen LogP contribution in [0.2, 0.25) is 0 Å². The molecule has 24 heavy (non-hydrogen) atoms. The minimum Gasteiger partial charge on any atom is -0.508 e. The predicted molar refractivity (Wildman–Crippen MR) is 93.7 cm³/mol. The summed E-state index contributed by atoms with van der Waals surface area (Å²) in [6, 6.07) is 21.5. The fourth-order valence-corrected chi connectivity index (χ4v) is 2.57. The zero-order valence-electron chi connectivity index (χ0n) is 12.9. The lowest BCUT2D eigenvalue weighted by Crippen LogP contribution is -2.06. The minimum absolute atomic E-state index is 0.0567. The molecule has 0 atom stereocenters. The maximum atomic E-state index is 10.2. The largest absolute Gasteiger partial charge is 0.508 e. The molecule has 0 saturated carbocycles. The molecular weight excluding hydrogens is 302 g/mol. The first kappa shape index (κ1) is 15.6. The van der Waals surface area contributed by atoms with Crippen molar-refractivity contribution in [2.45, 2.75) is 6.42 Å². The molecule has 3 N–H and O–H groups in total. The van der Waals surface area contributed by atoms with Crippen LogP contribution in [0.25, 0.3) is 11.1 Å². The summed E-state index contributed by atoms with van der Waals surface area (Å²) in [7, 11) is 0. The first-order valence-corrected chi connectivity index (χ1v) is 7.55. The lowest BCUT2D eigenvalue weighted by atomic mass is 9.97. The highest BCUT2D eigenvalue weighted by Gasteiger charge is 2.12. The highest BCUT2D eigenvalue weighted by atomic mass is 16.4. The van der Waals surface area contributed by atoms with Crippen LogP contribution in [0, 0.1) is 0 Å². The van der Waals surface area contributed by atoms with Gasteiger partial charge in [0.1, 0.15) is 11.5 Å². The maximum Gasteiger partial charge on any atom is 0.124 e. The summed E-state index contributed by atoms with van der Waals surface area (Å²) in [5.41, 5.74) is 3.61. The summed E-state index contributed by atoms with van der Waals surface area (Å²) in [5.74, 6) is 0.251. The van der Waals surface area contributed by atoms with Crippen molar-refractivity contribution in [1.82, 2.24) is 0 Å². The second-order valence-corrected chi connectivity index (χ2v) is 5.49. The van der Waals surface area contributed by atoms with Gasteiger partial charge in [-0.2, -0.15) is 0 Å². The van der Waals surface area contributed by atoms with Gasteiger partial charge in [-0.1, -0.05) is 53.7 Å². The molecule has 3 aromatic carbocycles. The Kier molecular flexibility index (Phi) is 4.47. The van der Waals surface area contributed by atoms with E-state index in [2.05, 4.69) is 5.16 Å². The monoisotopic (exact) mass is 319 g/mol. The Morgan fingerprint density at radius 2 is 1.46 bits per heavy atom. The Bertz CT molecular complexity index is 856. The van der Waals surface area contributed by atoms with E-state index in [1.165, 1.54) is 0 Å². The van der Waals surface area contributed by atoms with Gasteiger partial charge in [-0.3, -0.25) is 0 Å². The van der Waals surface area contributed by atoms with Crippen LogP contribution in [0.15, 0.2) is 78.0 Å². The number of hydrogen-bond acceptors (Lipinski definition) is 4. The lowest BCUT2D eigenvalue weighted by molar-refractivity contribution is 0.318. The Morgan fingerprint density at radius 1 is 0.792 bits per heavy atom. The molecule has 0 aliphatic heterocycles. The zero-order valence-corrected chi connectivity index (χ0v) is 12.9. The van der Waals surface area contributed by atoms with E-state index >= 15 is 0 Å². The third kappa shape index (κ3) is 3.38. The molecule has 0 saturated heterocycles. The van der Waals surface area contributed by atoms with Gasteiger partial charge in [0.25, 0.3) is 0 Å². The number of nitrogens with zero attached hydrogens (tertiary/aromatic N) is 1. The molecule has 3 aromatic rings. The first-order chi connectivity index (χ1) is 11.7. The highest BCUT2D eigenvalue weighted by Crippen LogP contribution is 2.28. The van der Waals surface area contributed by atoms with Gasteiger partial charge in [-0.15, -0.1) is 0 Å². The third-order valence-electron chi connectivity index (χ3n) is 3.84. The Balaban J connectivity index is 1.97. The fourth-order valence-electron chi connectivity index (χ4n) is 2.57. The van der Waals surface area contributed by atoms with Gasteiger partial charge >= 0.3 is 0 Å². The molecule has 4 nitrogen and oxygen atoms in total. The zero-order chi connectivity index (χ0) is 16.9. The van der Waals surface area contributed by atoms with E-state index in [1.54, 1.807) is 42.5 Å². The van der Waals surface area contributed by atoms with Crippen molar-refractivity contribution in [3.8, 4) is 22.6 Å². The molecule has 0 fully saturated rings. The van der Waals surface area contributed by atoms with Gasteiger partial charge in [-0.25, -0.2) is 0 Å². The van der Waals surface area contributed by atoms with Gasteiger partial charge in [0.15, 0.2) is 0 Å². The molecule has 0 radical (unpaired) electrons. The molecular formula is C20H17NO3. The van der Waals surface area contributed by atoms with Crippen molar-refractivity contribution in [2.75, 3.05) is 0 Å². The SMILES string of the molecule is O/N=C(\Cc1ccccc1)c1cc(-c2ccc(O)cc2)ccc1O. The van der Waals surface area contributed by atoms with Gasteiger partial charge in [0, 0.05) is 12.0 Å². The molecule has 0 amide bonds. The number of phenols is 2. The van der Waals surface area contributed by atoms with Crippen LogP contribution < -0.4 is 0 Å². The second-order valence-electron chi connectivity index (χ2n) is 5.49. The smallest absolute Gasteiger partial charge is 0.124 e. The van der Waals surface area contributed by atoms with Crippen LogP contribution >= 0.6 is 0 Å². The molecule has 0 bridgehead atoms. The molecule has 4 heteroatoms.